The van der Waals surface area contributed by atoms with Crippen LogP contribution in [0.15, 0.2) is 24.3 Å². The summed E-state index contributed by atoms with van der Waals surface area (Å²) in [6.07, 6.45) is 4.04. The molecule has 0 aromatic heterocycles. The van der Waals surface area contributed by atoms with Crippen molar-refractivity contribution in [2.24, 2.45) is 11.7 Å². The van der Waals surface area contributed by atoms with Crippen LogP contribution in [-0.2, 0) is 6.54 Å². The van der Waals surface area contributed by atoms with Crippen molar-refractivity contribution in [1.82, 2.24) is 4.90 Å². The summed E-state index contributed by atoms with van der Waals surface area (Å²) in [5, 5.41) is 0. The lowest BCUT2D eigenvalue weighted by Gasteiger charge is -2.38. The SMILES string of the molecule is Cc1ccccc1CN(C)C(C)(CN)CC1CC1. The molecule has 1 aliphatic carbocycles. The smallest absolute Gasteiger partial charge is 0.0306 e. The predicted molar refractivity (Wildman–Crippen MR) is 77.4 cm³/mol. The van der Waals surface area contributed by atoms with Crippen molar-refractivity contribution in [2.45, 2.75) is 45.2 Å². The summed E-state index contributed by atoms with van der Waals surface area (Å²) in [5.41, 5.74) is 8.96. The van der Waals surface area contributed by atoms with Crippen LogP contribution in [0.2, 0.25) is 0 Å². The number of hydrogen-bond donors (Lipinski definition) is 1. The van der Waals surface area contributed by atoms with Gasteiger partial charge in [0.25, 0.3) is 0 Å². The van der Waals surface area contributed by atoms with Gasteiger partial charge in [0.15, 0.2) is 0 Å². The minimum absolute atomic E-state index is 0.142. The first-order valence-corrected chi connectivity index (χ1v) is 7.01. The van der Waals surface area contributed by atoms with E-state index in [-0.39, 0.29) is 5.54 Å². The number of rotatable bonds is 6. The van der Waals surface area contributed by atoms with Crippen LogP contribution in [0, 0.1) is 12.8 Å². The second kappa shape index (κ2) is 5.41. The summed E-state index contributed by atoms with van der Waals surface area (Å²) in [4.78, 5) is 2.44. The van der Waals surface area contributed by atoms with E-state index in [0.717, 1.165) is 19.0 Å². The van der Waals surface area contributed by atoms with Crippen molar-refractivity contribution >= 4 is 0 Å². The maximum absolute atomic E-state index is 6.03. The largest absolute Gasteiger partial charge is 0.329 e. The molecule has 2 nitrogen and oxygen atoms in total. The van der Waals surface area contributed by atoms with E-state index in [1.165, 1.54) is 30.4 Å². The Kier molecular flexibility index (Phi) is 4.08. The molecule has 1 aromatic carbocycles. The van der Waals surface area contributed by atoms with Gasteiger partial charge in [0.2, 0.25) is 0 Å². The lowest BCUT2D eigenvalue weighted by atomic mass is 9.92. The van der Waals surface area contributed by atoms with Gasteiger partial charge in [-0.2, -0.15) is 0 Å². The van der Waals surface area contributed by atoms with Crippen LogP contribution < -0.4 is 5.73 Å². The van der Waals surface area contributed by atoms with Crippen LogP contribution in [0.3, 0.4) is 0 Å². The van der Waals surface area contributed by atoms with Gasteiger partial charge in [0.05, 0.1) is 0 Å². The summed E-state index contributed by atoms with van der Waals surface area (Å²) >= 11 is 0. The van der Waals surface area contributed by atoms with Gasteiger partial charge in [0, 0.05) is 18.6 Å². The number of likely N-dealkylation sites (N-methyl/N-ethyl adjacent to an activating group) is 1. The molecule has 1 saturated carbocycles. The number of benzene rings is 1. The van der Waals surface area contributed by atoms with Crippen LogP contribution in [0.5, 0.6) is 0 Å². The third-order valence-electron chi connectivity index (χ3n) is 4.46. The summed E-state index contributed by atoms with van der Waals surface area (Å²) in [6, 6.07) is 8.63. The maximum atomic E-state index is 6.03. The fraction of sp³-hybridized carbons (Fsp3) is 0.625. The maximum Gasteiger partial charge on any atom is 0.0306 e. The molecule has 100 valence electrons. The van der Waals surface area contributed by atoms with Gasteiger partial charge in [-0.1, -0.05) is 37.1 Å². The lowest BCUT2D eigenvalue weighted by Crippen LogP contribution is -2.49. The number of nitrogens with zero attached hydrogens (tertiary/aromatic N) is 1. The van der Waals surface area contributed by atoms with Gasteiger partial charge in [0.1, 0.15) is 0 Å². The van der Waals surface area contributed by atoms with Gasteiger partial charge >= 0.3 is 0 Å². The predicted octanol–water partition coefficient (Wildman–Crippen LogP) is 2.94. The number of nitrogens with two attached hydrogens (primary N) is 1. The molecule has 0 bridgehead atoms. The van der Waals surface area contributed by atoms with E-state index in [2.05, 4.69) is 50.1 Å². The average Bonchev–Trinajstić information content (AvgIpc) is 3.15. The van der Waals surface area contributed by atoms with Gasteiger partial charge < -0.3 is 5.73 Å². The molecule has 1 fully saturated rings. The first kappa shape index (κ1) is 13.6. The standard InChI is InChI=1S/C16H26N2/c1-13-6-4-5-7-15(13)11-18(3)16(2,12-17)10-14-8-9-14/h4-7,14H,8-12,17H2,1-3H3. The Morgan fingerprint density at radius 3 is 2.56 bits per heavy atom. The van der Waals surface area contributed by atoms with Crippen LogP contribution in [0.25, 0.3) is 0 Å². The fourth-order valence-corrected chi connectivity index (χ4v) is 2.57. The quantitative estimate of drug-likeness (QED) is 0.836. The van der Waals surface area contributed by atoms with E-state index in [9.17, 15) is 0 Å². The second-order valence-electron chi connectivity index (χ2n) is 6.13. The Bertz CT molecular complexity index is 398. The van der Waals surface area contributed by atoms with Gasteiger partial charge in [-0.3, -0.25) is 4.90 Å². The summed E-state index contributed by atoms with van der Waals surface area (Å²) < 4.78 is 0. The molecule has 2 heteroatoms. The zero-order valence-electron chi connectivity index (χ0n) is 11.9. The van der Waals surface area contributed by atoms with Crippen molar-refractivity contribution < 1.29 is 0 Å². The highest BCUT2D eigenvalue weighted by atomic mass is 15.2. The zero-order chi connectivity index (χ0) is 13.2. The van der Waals surface area contributed by atoms with Gasteiger partial charge in [-0.05, 0) is 44.4 Å². The summed E-state index contributed by atoms with van der Waals surface area (Å²) in [7, 11) is 2.21. The van der Waals surface area contributed by atoms with Crippen molar-refractivity contribution in [3.8, 4) is 0 Å². The minimum Gasteiger partial charge on any atom is -0.329 e. The van der Waals surface area contributed by atoms with E-state index < -0.39 is 0 Å². The molecule has 0 aliphatic heterocycles. The molecule has 0 heterocycles. The Morgan fingerprint density at radius 1 is 1.33 bits per heavy atom. The van der Waals surface area contributed by atoms with E-state index in [4.69, 9.17) is 5.73 Å². The molecule has 0 radical (unpaired) electrons. The molecule has 1 atom stereocenters. The first-order valence-electron chi connectivity index (χ1n) is 7.01. The molecular weight excluding hydrogens is 220 g/mol. The third kappa shape index (κ3) is 3.12. The molecule has 2 N–H and O–H groups in total. The second-order valence-corrected chi connectivity index (χ2v) is 6.13. The molecule has 0 amide bonds. The minimum atomic E-state index is 0.142. The van der Waals surface area contributed by atoms with Crippen molar-refractivity contribution in [3.05, 3.63) is 35.4 Å². The highest BCUT2D eigenvalue weighted by Gasteiger charge is 2.35. The number of hydrogen-bond acceptors (Lipinski definition) is 2. The average molecular weight is 246 g/mol. The van der Waals surface area contributed by atoms with E-state index in [1.54, 1.807) is 0 Å². The highest BCUT2D eigenvalue weighted by molar-refractivity contribution is 5.25. The van der Waals surface area contributed by atoms with Crippen LogP contribution >= 0.6 is 0 Å². The number of aryl methyl sites for hydroxylation is 1. The third-order valence-corrected chi connectivity index (χ3v) is 4.46. The highest BCUT2D eigenvalue weighted by Crippen LogP contribution is 2.38. The Morgan fingerprint density at radius 2 is 2.00 bits per heavy atom. The van der Waals surface area contributed by atoms with Crippen molar-refractivity contribution in [2.75, 3.05) is 13.6 Å². The Labute approximate surface area is 111 Å². The zero-order valence-corrected chi connectivity index (χ0v) is 11.9. The first-order chi connectivity index (χ1) is 8.55. The Hall–Kier alpha value is -0.860. The lowest BCUT2D eigenvalue weighted by molar-refractivity contribution is 0.119. The molecule has 0 spiro atoms. The molecule has 1 aromatic rings. The van der Waals surface area contributed by atoms with Gasteiger partial charge in [-0.25, -0.2) is 0 Å². The molecule has 1 aliphatic rings. The molecule has 0 saturated heterocycles. The topological polar surface area (TPSA) is 29.3 Å². The van der Waals surface area contributed by atoms with Crippen LogP contribution in [0.4, 0.5) is 0 Å². The summed E-state index contributed by atoms with van der Waals surface area (Å²) in [5.74, 6) is 0.915. The van der Waals surface area contributed by atoms with E-state index in [1.807, 2.05) is 0 Å². The van der Waals surface area contributed by atoms with Crippen LogP contribution in [-0.4, -0.2) is 24.0 Å². The normalized spacial score (nSPS) is 18.9. The van der Waals surface area contributed by atoms with E-state index in [0.29, 0.717) is 0 Å². The Balaban J connectivity index is 2.04. The van der Waals surface area contributed by atoms with Crippen LogP contribution in [0.1, 0.15) is 37.3 Å². The van der Waals surface area contributed by atoms with E-state index >= 15 is 0 Å². The monoisotopic (exact) mass is 246 g/mol. The van der Waals surface area contributed by atoms with Crippen molar-refractivity contribution in [3.63, 3.8) is 0 Å². The summed E-state index contributed by atoms with van der Waals surface area (Å²) in [6.45, 7) is 6.23. The molecule has 2 rings (SSSR count). The molecule has 1 unspecified atom stereocenters. The van der Waals surface area contributed by atoms with Crippen molar-refractivity contribution in [1.29, 1.82) is 0 Å². The molecular formula is C16H26N2. The van der Waals surface area contributed by atoms with Gasteiger partial charge in [-0.15, -0.1) is 0 Å². The molecule has 18 heavy (non-hydrogen) atoms. The fourth-order valence-electron chi connectivity index (χ4n) is 2.57.